The van der Waals surface area contributed by atoms with Crippen LogP contribution in [-0.4, -0.2) is 47.9 Å². The molecule has 0 bridgehead atoms. The number of rotatable bonds is 4. The Bertz CT molecular complexity index is 1150. The van der Waals surface area contributed by atoms with E-state index in [-0.39, 0.29) is 11.8 Å². The molecular weight excluding hydrogens is 434 g/mol. The summed E-state index contributed by atoms with van der Waals surface area (Å²) in [6.45, 7) is 2.15. The number of anilines is 2. The molecule has 0 saturated carbocycles. The largest absolute Gasteiger partial charge is 0.352 e. The number of nitrogens with one attached hydrogen (secondary N) is 1. The summed E-state index contributed by atoms with van der Waals surface area (Å²) in [6, 6.07) is 14.0. The van der Waals surface area contributed by atoms with Crippen LogP contribution in [0.4, 0.5) is 11.5 Å². The van der Waals surface area contributed by atoms with E-state index < -0.39 is 0 Å². The van der Waals surface area contributed by atoms with Gasteiger partial charge in [0.1, 0.15) is 11.9 Å². The quantitative estimate of drug-likeness (QED) is 0.650. The van der Waals surface area contributed by atoms with Crippen molar-refractivity contribution in [1.82, 2.24) is 9.88 Å². The summed E-state index contributed by atoms with van der Waals surface area (Å²) in [5.74, 6) is 0.241. The van der Waals surface area contributed by atoms with Gasteiger partial charge in [0.05, 0.1) is 21.2 Å². The van der Waals surface area contributed by atoms with Crippen molar-refractivity contribution in [1.29, 1.82) is 5.26 Å². The molecule has 31 heavy (non-hydrogen) atoms. The van der Waals surface area contributed by atoms with Crippen molar-refractivity contribution in [2.45, 2.75) is 0 Å². The second-order valence-corrected chi connectivity index (χ2v) is 8.25. The Morgan fingerprint density at radius 2 is 1.94 bits per heavy atom. The Labute approximate surface area is 188 Å². The van der Waals surface area contributed by atoms with E-state index in [9.17, 15) is 14.9 Å². The normalized spacial score (nSPS) is 13.5. The number of carbonyl (C=O) groups excluding carboxylic acids is 2. The van der Waals surface area contributed by atoms with Gasteiger partial charge in [0.15, 0.2) is 0 Å². The van der Waals surface area contributed by atoms with Crippen molar-refractivity contribution < 1.29 is 9.59 Å². The lowest BCUT2D eigenvalue weighted by Gasteiger charge is -2.35. The Morgan fingerprint density at radius 3 is 2.65 bits per heavy atom. The summed E-state index contributed by atoms with van der Waals surface area (Å²) < 4.78 is 0. The zero-order valence-electron chi connectivity index (χ0n) is 16.4. The molecule has 9 heteroatoms. The summed E-state index contributed by atoms with van der Waals surface area (Å²) in [7, 11) is 0. The molecule has 0 unspecified atom stereocenters. The molecule has 1 N–H and O–H groups in total. The second kappa shape index (κ2) is 9.16. The van der Waals surface area contributed by atoms with Crippen molar-refractivity contribution in [3.8, 4) is 6.07 Å². The third kappa shape index (κ3) is 4.53. The van der Waals surface area contributed by atoms with Crippen LogP contribution >= 0.6 is 22.9 Å². The number of nitrogens with zero attached hydrogens (tertiary/aromatic N) is 4. The molecule has 1 aliphatic heterocycles. The van der Waals surface area contributed by atoms with Gasteiger partial charge in [-0.3, -0.25) is 9.59 Å². The van der Waals surface area contributed by atoms with Crippen molar-refractivity contribution in [2.75, 3.05) is 36.4 Å². The monoisotopic (exact) mass is 451 g/mol. The molecule has 3 heterocycles. The molecule has 1 fully saturated rings. The molecule has 4 rings (SSSR count). The zero-order chi connectivity index (χ0) is 21.8. The number of amides is 2. The molecule has 0 atom stereocenters. The van der Waals surface area contributed by atoms with E-state index in [1.54, 1.807) is 53.6 Å². The lowest BCUT2D eigenvalue weighted by Crippen LogP contribution is -2.49. The lowest BCUT2D eigenvalue weighted by atomic mass is 10.1. The number of piperazine rings is 1. The second-order valence-electron chi connectivity index (χ2n) is 6.89. The molecular formula is C22H18ClN5O2S. The van der Waals surface area contributed by atoms with E-state index in [0.29, 0.717) is 58.7 Å². The first-order valence-electron chi connectivity index (χ1n) is 9.60. The number of hydrogen-bond acceptors (Lipinski definition) is 6. The fourth-order valence-electron chi connectivity index (χ4n) is 3.39. The van der Waals surface area contributed by atoms with Gasteiger partial charge in [-0.2, -0.15) is 5.26 Å². The molecule has 0 radical (unpaired) electrons. The Hall–Kier alpha value is -3.41. The molecule has 0 spiro atoms. The molecule has 2 aromatic heterocycles. The van der Waals surface area contributed by atoms with E-state index in [2.05, 4.69) is 16.4 Å². The van der Waals surface area contributed by atoms with Crippen LogP contribution in [0, 0.1) is 11.3 Å². The van der Waals surface area contributed by atoms with Gasteiger partial charge in [-0.05, 0) is 41.8 Å². The standard InChI is InChI=1S/C22H18ClN5O2S/c23-17-6-5-15(13-18(17)26-21(29)19-4-2-12-31-19)22(30)28-10-8-27(9-11-28)20-16(14-24)3-1-7-25-20/h1-7,12-13H,8-11H2,(H,26,29). The Kier molecular flexibility index (Phi) is 6.16. The molecule has 1 saturated heterocycles. The number of halogens is 1. The van der Waals surface area contributed by atoms with Gasteiger partial charge in [0.2, 0.25) is 0 Å². The van der Waals surface area contributed by atoms with Crippen LogP contribution < -0.4 is 10.2 Å². The highest BCUT2D eigenvalue weighted by molar-refractivity contribution is 7.12. The first-order valence-corrected chi connectivity index (χ1v) is 10.9. The van der Waals surface area contributed by atoms with Crippen LogP contribution in [0.15, 0.2) is 54.0 Å². The molecule has 156 valence electrons. The van der Waals surface area contributed by atoms with Crippen molar-refractivity contribution in [3.63, 3.8) is 0 Å². The SMILES string of the molecule is N#Cc1cccnc1N1CCN(C(=O)c2ccc(Cl)c(NC(=O)c3cccs3)c2)CC1. The summed E-state index contributed by atoms with van der Waals surface area (Å²) in [6.07, 6.45) is 1.66. The number of nitriles is 1. The average molecular weight is 452 g/mol. The van der Waals surface area contributed by atoms with Crippen LogP contribution in [0.25, 0.3) is 0 Å². The Balaban J connectivity index is 1.44. The van der Waals surface area contributed by atoms with Gasteiger partial charge in [-0.15, -0.1) is 11.3 Å². The van der Waals surface area contributed by atoms with E-state index in [4.69, 9.17) is 11.6 Å². The van der Waals surface area contributed by atoms with Crippen LogP contribution in [-0.2, 0) is 0 Å². The maximum absolute atomic E-state index is 13.0. The number of benzene rings is 1. The van der Waals surface area contributed by atoms with E-state index in [1.165, 1.54) is 11.3 Å². The van der Waals surface area contributed by atoms with E-state index in [0.717, 1.165) is 0 Å². The van der Waals surface area contributed by atoms with Gasteiger partial charge in [-0.1, -0.05) is 17.7 Å². The van der Waals surface area contributed by atoms with Crippen LogP contribution in [0.3, 0.4) is 0 Å². The van der Waals surface area contributed by atoms with Crippen molar-refractivity contribution in [2.24, 2.45) is 0 Å². The fourth-order valence-corrected chi connectivity index (χ4v) is 4.17. The van der Waals surface area contributed by atoms with Crippen LogP contribution in [0.1, 0.15) is 25.6 Å². The number of pyridine rings is 1. The van der Waals surface area contributed by atoms with Gasteiger partial charge < -0.3 is 15.1 Å². The highest BCUT2D eigenvalue weighted by Crippen LogP contribution is 2.26. The fraction of sp³-hybridized carbons (Fsp3) is 0.182. The minimum atomic E-state index is -0.265. The van der Waals surface area contributed by atoms with Crippen molar-refractivity contribution >= 4 is 46.3 Å². The lowest BCUT2D eigenvalue weighted by molar-refractivity contribution is 0.0746. The molecule has 7 nitrogen and oxygen atoms in total. The molecule has 3 aromatic rings. The minimum Gasteiger partial charge on any atom is -0.352 e. The summed E-state index contributed by atoms with van der Waals surface area (Å²) in [4.78, 5) is 34.0. The third-order valence-corrected chi connectivity index (χ3v) is 6.18. The van der Waals surface area contributed by atoms with E-state index >= 15 is 0 Å². The third-order valence-electron chi connectivity index (χ3n) is 4.98. The van der Waals surface area contributed by atoms with Gasteiger partial charge in [-0.25, -0.2) is 4.98 Å². The smallest absolute Gasteiger partial charge is 0.265 e. The number of aromatic nitrogens is 1. The average Bonchev–Trinajstić information content (AvgIpc) is 3.35. The highest BCUT2D eigenvalue weighted by Gasteiger charge is 2.24. The van der Waals surface area contributed by atoms with Crippen LogP contribution in [0.5, 0.6) is 0 Å². The predicted molar refractivity (Wildman–Crippen MR) is 121 cm³/mol. The first-order chi connectivity index (χ1) is 15.1. The van der Waals surface area contributed by atoms with Gasteiger partial charge in [0, 0.05) is 37.9 Å². The van der Waals surface area contributed by atoms with Gasteiger partial charge in [0.25, 0.3) is 11.8 Å². The topological polar surface area (TPSA) is 89.3 Å². The molecule has 2 amide bonds. The van der Waals surface area contributed by atoms with Crippen molar-refractivity contribution in [3.05, 3.63) is 75.1 Å². The number of hydrogen-bond donors (Lipinski definition) is 1. The molecule has 1 aromatic carbocycles. The van der Waals surface area contributed by atoms with E-state index in [1.807, 2.05) is 10.3 Å². The zero-order valence-corrected chi connectivity index (χ0v) is 18.0. The summed E-state index contributed by atoms with van der Waals surface area (Å²) >= 11 is 7.56. The highest BCUT2D eigenvalue weighted by atomic mass is 35.5. The number of carbonyl (C=O) groups is 2. The van der Waals surface area contributed by atoms with Crippen LogP contribution in [0.2, 0.25) is 5.02 Å². The maximum atomic E-state index is 13.0. The first kappa shape index (κ1) is 20.8. The maximum Gasteiger partial charge on any atom is 0.265 e. The minimum absolute atomic E-state index is 0.135. The predicted octanol–water partition coefficient (Wildman–Crippen LogP) is 3.88. The molecule has 1 aliphatic rings. The summed E-state index contributed by atoms with van der Waals surface area (Å²) in [5.41, 5.74) is 1.37. The Morgan fingerprint density at radius 1 is 1.13 bits per heavy atom. The molecule has 0 aliphatic carbocycles. The number of thiophene rings is 1. The van der Waals surface area contributed by atoms with Gasteiger partial charge >= 0.3 is 0 Å². The summed E-state index contributed by atoms with van der Waals surface area (Å²) in [5, 5.41) is 14.2.